The van der Waals surface area contributed by atoms with Gasteiger partial charge in [0.25, 0.3) is 0 Å². The molecule has 0 spiro atoms. The Bertz CT molecular complexity index is 275. The maximum Gasteiger partial charge on any atom is 0.167 e. The lowest BCUT2D eigenvalue weighted by atomic mass is 9.95. The molecule has 0 radical (unpaired) electrons. The van der Waals surface area contributed by atoms with Crippen LogP contribution in [-0.2, 0) is 0 Å². The number of hydrogen-bond acceptors (Lipinski definition) is 4. The quantitative estimate of drug-likeness (QED) is 0.818. The second-order valence-electron chi connectivity index (χ2n) is 3.58. The van der Waals surface area contributed by atoms with Crippen molar-refractivity contribution in [1.29, 1.82) is 0 Å². The number of hydrogen-bond donors (Lipinski definition) is 1. The lowest BCUT2D eigenvalue weighted by molar-refractivity contribution is 0.342. The molecule has 4 heteroatoms. The molecule has 80 valence electrons. The Morgan fingerprint density at radius 1 is 1.57 bits per heavy atom. The molecule has 0 aliphatic carbocycles. The summed E-state index contributed by atoms with van der Waals surface area (Å²) in [4.78, 5) is 0. The Morgan fingerprint density at radius 2 is 2.29 bits per heavy atom. The molecular weight excluding hydrogens is 196 g/mol. The molecule has 14 heavy (non-hydrogen) atoms. The third-order valence-corrected chi connectivity index (χ3v) is 3.60. The number of anilines is 1. The Kier molecular flexibility index (Phi) is 4.32. The van der Waals surface area contributed by atoms with Crippen molar-refractivity contribution in [3.8, 4) is 0 Å². The minimum atomic E-state index is 0.388. The lowest BCUT2D eigenvalue weighted by Gasteiger charge is -2.15. The summed E-state index contributed by atoms with van der Waals surface area (Å²) >= 11 is 1.95. The van der Waals surface area contributed by atoms with Crippen molar-refractivity contribution in [1.82, 2.24) is 5.16 Å². The van der Waals surface area contributed by atoms with E-state index in [0.29, 0.717) is 17.7 Å². The topological polar surface area (TPSA) is 52.0 Å². The molecule has 1 heterocycles. The van der Waals surface area contributed by atoms with Gasteiger partial charge in [-0.15, -0.1) is 0 Å². The predicted octanol–water partition coefficient (Wildman–Crippen LogP) is 2.75. The normalized spacial score (nSPS) is 15.4. The number of aromatic nitrogens is 1. The summed E-state index contributed by atoms with van der Waals surface area (Å²) in [5.74, 6) is 4.66. The average molecular weight is 214 g/mol. The van der Waals surface area contributed by atoms with Crippen LogP contribution in [0.4, 0.5) is 5.82 Å². The van der Waals surface area contributed by atoms with Crippen LogP contribution in [0.5, 0.6) is 0 Å². The van der Waals surface area contributed by atoms with Gasteiger partial charge in [-0.2, -0.15) is 11.8 Å². The van der Waals surface area contributed by atoms with E-state index in [0.717, 1.165) is 17.3 Å². The van der Waals surface area contributed by atoms with Gasteiger partial charge in [0.2, 0.25) is 0 Å². The zero-order valence-electron chi connectivity index (χ0n) is 8.99. The van der Waals surface area contributed by atoms with Crippen LogP contribution in [0.1, 0.15) is 32.4 Å². The molecule has 2 N–H and O–H groups in total. The second kappa shape index (κ2) is 5.29. The maximum atomic E-state index is 5.51. The highest BCUT2D eigenvalue weighted by Crippen LogP contribution is 2.27. The number of nitrogens with zero attached hydrogens (tertiary/aromatic N) is 1. The van der Waals surface area contributed by atoms with E-state index in [1.165, 1.54) is 0 Å². The van der Waals surface area contributed by atoms with Crippen LogP contribution in [0.2, 0.25) is 0 Å². The first-order valence-corrected chi connectivity index (χ1v) is 6.10. The van der Waals surface area contributed by atoms with E-state index in [-0.39, 0.29) is 0 Å². The first-order valence-electron chi connectivity index (χ1n) is 4.95. The van der Waals surface area contributed by atoms with Crippen LogP contribution >= 0.6 is 11.8 Å². The van der Waals surface area contributed by atoms with Gasteiger partial charge in [0.05, 0.1) is 0 Å². The molecule has 1 rings (SSSR count). The number of nitrogens with two attached hydrogens (primary N) is 1. The van der Waals surface area contributed by atoms with E-state index in [1.54, 1.807) is 0 Å². The number of thioether (sulfide) groups is 1. The van der Waals surface area contributed by atoms with Crippen LogP contribution in [-0.4, -0.2) is 16.7 Å². The monoisotopic (exact) mass is 214 g/mol. The van der Waals surface area contributed by atoms with E-state index >= 15 is 0 Å². The van der Waals surface area contributed by atoms with E-state index in [9.17, 15) is 0 Å². The van der Waals surface area contributed by atoms with Gasteiger partial charge in [-0.25, -0.2) is 0 Å². The third-order valence-electron chi connectivity index (χ3n) is 2.43. The SMILES string of the molecule is CCSCC(C)C(C)c1cc(N)no1. The Balaban J connectivity index is 2.51. The molecule has 0 aliphatic rings. The van der Waals surface area contributed by atoms with E-state index in [4.69, 9.17) is 10.3 Å². The molecule has 0 saturated carbocycles. The number of nitrogen functional groups attached to an aromatic ring is 1. The Labute approximate surface area is 89.4 Å². The van der Waals surface area contributed by atoms with Crippen molar-refractivity contribution >= 4 is 17.6 Å². The molecule has 1 aromatic heterocycles. The van der Waals surface area contributed by atoms with Crippen LogP contribution in [0.3, 0.4) is 0 Å². The van der Waals surface area contributed by atoms with Crippen molar-refractivity contribution in [3.63, 3.8) is 0 Å². The zero-order valence-corrected chi connectivity index (χ0v) is 9.80. The van der Waals surface area contributed by atoms with Crippen molar-refractivity contribution < 1.29 is 4.52 Å². The van der Waals surface area contributed by atoms with E-state index < -0.39 is 0 Å². The summed E-state index contributed by atoms with van der Waals surface area (Å²) in [6.45, 7) is 6.56. The van der Waals surface area contributed by atoms with Crippen LogP contribution in [0.15, 0.2) is 10.6 Å². The maximum absolute atomic E-state index is 5.51. The van der Waals surface area contributed by atoms with Gasteiger partial charge < -0.3 is 10.3 Å². The van der Waals surface area contributed by atoms with Gasteiger partial charge in [-0.1, -0.05) is 25.9 Å². The van der Waals surface area contributed by atoms with Gasteiger partial charge in [0.1, 0.15) is 5.76 Å². The largest absolute Gasteiger partial charge is 0.381 e. The Morgan fingerprint density at radius 3 is 2.79 bits per heavy atom. The van der Waals surface area contributed by atoms with Gasteiger partial charge in [-0.05, 0) is 17.4 Å². The molecular formula is C10H18N2OS. The van der Waals surface area contributed by atoms with Gasteiger partial charge in [0, 0.05) is 12.0 Å². The summed E-state index contributed by atoms with van der Waals surface area (Å²) in [7, 11) is 0. The highest BCUT2D eigenvalue weighted by Gasteiger charge is 2.18. The molecule has 0 fully saturated rings. The van der Waals surface area contributed by atoms with E-state index in [2.05, 4.69) is 25.9 Å². The first kappa shape index (κ1) is 11.4. The third kappa shape index (κ3) is 2.94. The van der Waals surface area contributed by atoms with Crippen molar-refractivity contribution in [2.45, 2.75) is 26.7 Å². The van der Waals surface area contributed by atoms with Gasteiger partial charge in [0.15, 0.2) is 5.82 Å². The average Bonchev–Trinajstić information content (AvgIpc) is 2.60. The minimum absolute atomic E-state index is 0.388. The molecule has 0 amide bonds. The molecule has 0 saturated heterocycles. The van der Waals surface area contributed by atoms with Crippen LogP contribution in [0.25, 0.3) is 0 Å². The highest BCUT2D eigenvalue weighted by molar-refractivity contribution is 7.99. The molecule has 2 atom stereocenters. The molecule has 1 aromatic rings. The van der Waals surface area contributed by atoms with Crippen molar-refractivity contribution in [2.75, 3.05) is 17.2 Å². The molecule has 2 unspecified atom stereocenters. The number of rotatable bonds is 5. The lowest BCUT2D eigenvalue weighted by Crippen LogP contribution is -2.08. The van der Waals surface area contributed by atoms with Gasteiger partial charge >= 0.3 is 0 Å². The van der Waals surface area contributed by atoms with Crippen molar-refractivity contribution in [3.05, 3.63) is 11.8 Å². The summed E-state index contributed by atoms with van der Waals surface area (Å²) < 4.78 is 5.14. The smallest absolute Gasteiger partial charge is 0.167 e. The minimum Gasteiger partial charge on any atom is -0.381 e. The molecule has 3 nitrogen and oxygen atoms in total. The standard InChI is InChI=1S/C10H18N2OS/c1-4-14-6-7(2)8(3)9-5-10(11)12-13-9/h5,7-8H,4,6H2,1-3H3,(H2,11,12). The van der Waals surface area contributed by atoms with Crippen LogP contribution in [0, 0.1) is 5.92 Å². The second-order valence-corrected chi connectivity index (χ2v) is 4.90. The van der Waals surface area contributed by atoms with Gasteiger partial charge in [-0.3, -0.25) is 0 Å². The fraction of sp³-hybridized carbons (Fsp3) is 0.700. The van der Waals surface area contributed by atoms with Crippen molar-refractivity contribution in [2.24, 2.45) is 5.92 Å². The summed E-state index contributed by atoms with van der Waals surface area (Å²) in [5.41, 5.74) is 5.51. The fourth-order valence-corrected chi connectivity index (χ4v) is 2.14. The van der Waals surface area contributed by atoms with Crippen LogP contribution < -0.4 is 5.73 Å². The zero-order chi connectivity index (χ0) is 10.6. The molecule has 0 aliphatic heterocycles. The molecule has 0 aromatic carbocycles. The predicted molar refractivity (Wildman–Crippen MR) is 61.5 cm³/mol. The van der Waals surface area contributed by atoms with E-state index in [1.807, 2.05) is 17.8 Å². The summed E-state index contributed by atoms with van der Waals surface area (Å²) in [5, 5.41) is 3.70. The molecule has 0 bridgehead atoms. The summed E-state index contributed by atoms with van der Waals surface area (Å²) in [6, 6.07) is 1.82. The summed E-state index contributed by atoms with van der Waals surface area (Å²) in [6.07, 6.45) is 0. The Hall–Kier alpha value is -0.640. The fourth-order valence-electron chi connectivity index (χ4n) is 1.25. The first-order chi connectivity index (χ1) is 6.65. The highest BCUT2D eigenvalue weighted by atomic mass is 32.2.